The lowest BCUT2D eigenvalue weighted by atomic mass is 10.2. The third-order valence-electron chi connectivity index (χ3n) is 2.75. The maximum absolute atomic E-state index is 11.9. The Kier molecular flexibility index (Phi) is 5.14. The van der Waals surface area contributed by atoms with E-state index in [1.807, 2.05) is 6.92 Å². The van der Waals surface area contributed by atoms with Crippen molar-refractivity contribution in [3.63, 3.8) is 0 Å². The number of amides is 1. The zero-order valence-corrected chi connectivity index (χ0v) is 11.9. The van der Waals surface area contributed by atoms with Crippen LogP contribution in [0.2, 0.25) is 0 Å². The fraction of sp³-hybridized carbons (Fsp3) is 0.385. The standard InChI is InChI=1S/C13H16N4O2S/c1-2-9(18)3-4-16-12(19)11-8-20-13(17-11)10-7-14-5-6-15-10/h5-9,18H,2-4H2,1H3,(H,16,19). The van der Waals surface area contributed by atoms with Crippen LogP contribution in [0.3, 0.4) is 0 Å². The van der Waals surface area contributed by atoms with Crippen LogP contribution in [0.5, 0.6) is 0 Å². The predicted octanol–water partition coefficient (Wildman–Crippen LogP) is 1.49. The number of nitrogens with one attached hydrogen (secondary N) is 1. The van der Waals surface area contributed by atoms with E-state index in [9.17, 15) is 9.90 Å². The van der Waals surface area contributed by atoms with Gasteiger partial charge in [-0.15, -0.1) is 11.3 Å². The van der Waals surface area contributed by atoms with Crippen molar-refractivity contribution in [3.8, 4) is 10.7 Å². The Morgan fingerprint density at radius 2 is 2.35 bits per heavy atom. The van der Waals surface area contributed by atoms with Crippen molar-refractivity contribution in [1.29, 1.82) is 0 Å². The Labute approximate surface area is 120 Å². The van der Waals surface area contributed by atoms with Crippen LogP contribution in [-0.4, -0.2) is 38.6 Å². The first-order valence-corrected chi connectivity index (χ1v) is 7.27. The molecule has 0 fully saturated rings. The number of carbonyl (C=O) groups excluding carboxylic acids is 1. The first-order chi connectivity index (χ1) is 9.70. The molecule has 0 spiro atoms. The second-order valence-electron chi connectivity index (χ2n) is 4.24. The zero-order chi connectivity index (χ0) is 14.4. The molecule has 6 nitrogen and oxygen atoms in total. The van der Waals surface area contributed by atoms with Crippen molar-refractivity contribution in [1.82, 2.24) is 20.3 Å². The van der Waals surface area contributed by atoms with Crippen molar-refractivity contribution < 1.29 is 9.90 Å². The summed E-state index contributed by atoms with van der Waals surface area (Å²) < 4.78 is 0. The van der Waals surface area contributed by atoms with Crippen LogP contribution in [0, 0.1) is 0 Å². The van der Waals surface area contributed by atoms with Gasteiger partial charge < -0.3 is 10.4 Å². The van der Waals surface area contributed by atoms with Crippen LogP contribution < -0.4 is 5.32 Å². The minimum atomic E-state index is -0.374. The number of aromatic nitrogens is 3. The molecule has 1 atom stereocenters. The van der Waals surface area contributed by atoms with Gasteiger partial charge in [-0.2, -0.15) is 0 Å². The van der Waals surface area contributed by atoms with Crippen LogP contribution in [0.15, 0.2) is 24.0 Å². The summed E-state index contributed by atoms with van der Waals surface area (Å²) in [5.41, 5.74) is 1.01. The van der Waals surface area contributed by atoms with E-state index in [1.165, 1.54) is 11.3 Å². The first-order valence-electron chi connectivity index (χ1n) is 6.39. The van der Waals surface area contributed by atoms with Gasteiger partial charge in [-0.3, -0.25) is 14.8 Å². The molecule has 2 heterocycles. The molecule has 0 aliphatic carbocycles. The van der Waals surface area contributed by atoms with Crippen LogP contribution in [-0.2, 0) is 0 Å². The van der Waals surface area contributed by atoms with Gasteiger partial charge in [-0.05, 0) is 12.8 Å². The molecule has 106 valence electrons. The number of rotatable bonds is 6. The molecule has 1 amide bonds. The Balaban J connectivity index is 1.93. The Morgan fingerprint density at radius 1 is 1.50 bits per heavy atom. The molecule has 1 unspecified atom stereocenters. The van der Waals surface area contributed by atoms with Gasteiger partial charge in [-0.1, -0.05) is 6.92 Å². The zero-order valence-electron chi connectivity index (χ0n) is 11.1. The van der Waals surface area contributed by atoms with Crippen molar-refractivity contribution in [2.24, 2.45) is 0 Å². The van der Waals surface area contributed by atoms with Crippen molar-refractivity contribution in [2.45, 2.75) is 25.9 Å². The summed E-state index contributed by atoms with van der Waals surface area (Å²) in [6.07, 6.45) is 5.64. The summed E-state index contributed by atoms with van der Waals surface area (Å²) in [6, 6.07) is 0. The maximum Gasteiger partial charge on any atom is 0.270 e. The first kappa shape index (κ1) is 14.5. The number of thiazole rings is 1. The van der Waals surface area contributed by atoms with Crippen LogP contribution in [0.1, 0.15) is 30.3 Å². The van der Waals surface area contributed by atoms with Crippen LogP contribution >= 0.6 is 11.3 Å². The van der Waals surface area contributed by atoms with Gasteiger partial charge in [0.1, 0.15) is 16.4 Å². The van der Waals surface area contributed by atoms with E-state index in [0.717, 1.165) is 0 Å². The lowest BCUT2D eigenvalue weighted by Gasteiger charge is -2.07. The molecule has 0 aliphatic heterocycles. The topological polar surface area (TPSA) is 88.0 Å². The fourth-order valence-corrected chi connectivity index (χ4v) is 2.31. The quantitative estimate of drug-likeness (QED) is 0.842. The predicted molar refractivity (Wildman–Crippen MR) is 76.4 cm³/mol. The monoisotopic (exact) mass is 292 g/mol. The Bertz CT molecular complexity index is 559. The highest BCUT2D eigenvalue weighted by Crippen LogP contribution is 2.20. The van der Waals surface area contributed by atoms with E-state index < -0.39 is 0 Å². The number of aliphatic hydroxyl groups excluding tert-OH is 1. The average Bonchev–Trinajstić information content (AvgIpc) is 2.97. The highest BCUT2D eigenvalue weighted by atomic mass is 32.1. The molecule has 20 heavy (non-hydrogen) atoms. The summed E-state index contributed by atoms with van der Waals surface area (Å²) in [7, 11) is 0. The number of aliphatic hydroxyl groups is 1. The fourth-order valence-electron chi connectivity index (χ4n) is 1.55. The summed E-state index contributed by atoms with van der Waals surface area (Å²) >= 11 is 1.35. The number of nitrogens with zero attached hydrogens (tertiary/aromatic N) is 3. The van der Waals surface area contributed by atoms with E-state index in [-0.39, 0.29) is 12.0 Å². The van der Waals surface area contributed by atoms with E-state index in [0.29, 0.717) is 35.8 Å². The Morgan fingerprint density at radius 3 is 3.05 bits per heavy atom. The number of carbonyl (C=O) groups is 1. The van der Waals surface area contributed by atoms with Gasteiger partial charge >= 0.3 is 0 Å². The van der Waals surface area contributed by atoms with Crippen LogP contribution in [0.25, 0.3) is 10.7 Å². The molecular weight excluding hydrogens is 276 g/mol. The second-order valence-corrected chi connectivity index (χ2v) is 5.09. The van der Waals surface area contributed by atoms with Gasteiger partial charge in [0.05, 0.1) is 12.3 Å². The molecule has 0 saturated heterocycles. The molecule has 0 saturated carbocycles. The highest BCUT2D eigenvalue weighted by Gasteiger charge is 2.12. The Hall–Kier alpha value is -1.86. The van der Waals surface area contributed by atoms with E-state index >= 15 is 0 Å². The van der Waals surface area contributed by atoms with Gasteiger partial charge in [0.25, 0.3) is 5.91 Å². The smallest absolute Gasteiger partial charge is 0.270 e. The number of hydrogen-bond acceptors (Lipinski definition) is 6. The number of hydrogen-bond donors (Lipinski definition) is 2. The molecular formula is C13H16N4O2S. The normalized spacial score (nSPS) is 12.1. The highest BCUT2D eigenvalue weighted by molar-refractivity contribution is 7.13. The second kappa shape index (κ2) is 7.06. The molecule has 0 radical (unpaired) electrons. The summed E-state index contributed by atoms with van der Waals surface area (Å²) in [6.45, 7) is 2.34. The van der Waals surface area contributed by atoms with Crippen molar-refractivity contribution in [3.05, 3.63) is 29.7 Å². The van der Waals surface area contributed by atoms with Crippen molar-refractivity contribution >= 4 is 17.2 Å². The molecule has 0 aromatic carbocycles. The molecule has 2 rings (SSSR count). The van der Waals surface area contributed by atoms with Crippen LogP contribution in [0.4, 0.5) is 0 Å². The molecule has 2 N–H and O–H groups in total. The maximum atomic E-state index is 11.9. The summed E-state index contributed by atoms with van der Waals surface area (Å²) in [4.78, 5) is 24.2. The minimum Gasteiger partial charge on any atom is -0.393 e. The summed E-state index contributed by atoms with van der Waals surface area (Å²) in [5, 5.41) is 14.5. The summed E-state index contributed by atoms with van der Waals surface area (Å²) in [5.74, 6) is -0.236. The third kappa shape index (κ3) is 3.82. The molecule has 0 aliphatic rings. The van der Waals surface area contributed by atoms with E-state index in [1.54, 1.807) is 24.0 Å². The van der Waals surface area contributed by atoms with Gasteiger partial charge in [-0.25, -0.2) is 4.98 Å². The third-order valence-corrected chi connectivity index (χ3v) is 3.62. The SMILES string of the molecule is CCC(O)CCNC(=O)c1csc(-c2cnccn2)n1. The largest absolute Gasteiger partial charge is 0.393 e. The van der Waals surface area contributed by atoms with Gasteiger partial charge in [0.2, 0.25) is 0 Å². The minimum absolute atomic E-state index is 0.236. The van der Waals surface area contributed by atoms with Crippen molar-refractivity contribution in [2.75, 3.05) is 6.54 Å². The lowest BCUT2D eigenvalue weighted by molar-refractivity contribution is 0.0938. The van der Waals surface area contributed by atoms with E-state index in [2.05, 4.69) is 20.3 Å². The lowest BCUT2D eigenvalue weighted by Crippen LogP contribution is -2.27. The average molecular weight is 292 g/mol. The van der Waals surface area contributed by atoms with Gasteiger partial charge in [0, 0.05) is 24.3 Å². The van der Waals surface area contributed by atoms with E-state index in [4.69, 9.17) is 0 Å². The molecule has 7 heteroatoms. The molecule has 2 aromatic rings. The molecule has 0 bridgehead atoms. The van der Waals surface area contributed by atoms with Gasteiger partial charge in [0.15, 0.2) is 0 Å². The molecule has 2 aromatic heterocycles.